The maximum absolute atomic E-state index is 13.1. The lowest BCUT2D eigenvalue weighted by molar-refractivity contribution is -0.111. The van der Waals surface area contributed by atoms with Gasteiger partial charge in [-0.2, -0.15) is 5.10 Å². The van der Waals surface area contributed by atoms with Crippen molar-refractivity contribution >= 4 is 11.5 Å². The molecule has 0 unspecified atom stereocenters. The van der Waals surface area contributed by atoms with Crippen LogP contribution in [0.25, 0.3) is 5.76 Å². The Kier molecular flexibility index (Phi) is 8.26. The number of nitrogens with zero attached hydrogens (tertiary/aromatic N) is 2. The maximum Gasteiger partial charge on any atom is 0.215 e. The zero-order valence-corrected chi connectivity index (χ0v) is 14.8. The number of H-pyrrole nitrogens is 1. The van der Waals surface area contributed by atoms with Gasteiger partial charge in [0.15, 0.2) is 11.5 Å². The van der Waals surface area contributed by atoms with Crippen LogP contribution in [0, 0.1) is 0 Å². The molecule has 134 valence electrons. The van der Waals surface area contributed by atoms with Gasteiger partial charge in [-0.1, -0.05) is 36.0 Å². The molecule has 0 amide bonds. The van der Waals surface area contributed by atoms with Gasteiger partial charge in [0.2, 0.25) is 5.82 Å². The predicted octanol–water partition coefficient (Wildman–Crippen LogP) is 4.77. The molecule has 0 saturated carbocycles. The fraction of sp³-hybridized carbons (Fsp3) is 0.316. The molecule has 2 N–H and O–H groups in total. The molecule has 0 aliphatic rings. The topological polar surface area (TPSA) is 78.9 Å². The normalized spacial score (nSPS) is 13.9. The fourth-order valence-electron chi connectivity index (χ4n) is 1.97. The third-order valence-corrected chi connectivity index (χ3v) is 3.48. The number of carbonyl (C=O) groups is 1. The molecule has 1 aromatic rings. The Morgan fingerprint density at radius 3 is 2.68 bits per heavy atom. The van der Waals surface area contributed by atoms with Crippen LogP contribution >= 0.6 is 0 Å². The smallest absolute Gasteiger partial charge is 0.215 e. The summed E-state index contributed by atoms with van der Waals surface area (Å²) in [6.45, 7) is 9.20. The SMILES string of the molecule is C=C(CC/C(F)=C\C)C/C(C)=C/C=C(\C)C(=O)/C=C(\O)c1nc[nH]n1. The Balaban J connectivity index is 2.62. The number of ketones is 1. The van der Waals surface area contributed by atoms with Crippen molar-refractivity contribution in [3.63, 3.8) is 0 Å². The second kappa shape index (κ2) is 10.2. The quantitative estimate of drug-likeness (QED) is 0.292. The third-order valence-electron chi connectivity index (χ3n) is 3.48. The van der Waals surface area contributed by atoms with Crippen molar-refractivity contribution in [2.45, 2.75) is 40.0 Å². The average molecular weight is 345 g/mol. The van der Waals surface area contributed by atoms with E-state index >= 15 is 0 Å². The number of hydrogen-bond acceptors (Lipinski definition) is 4. The highest BCUT2D eigenvalue weighted by atomic mass is 19.1. The van der Waals surface area contributed by atoms with Gasteiger partial charge in [0, 0.05) is 12.5 Å². The van der Waals surface area contributed by atoms with E-state index in [1.165, 1.54) is 12.4 Å². The number of aliphatic hydroxyl groups excluding tert-OH is 1. The highest BCUT2D eigenvalue weighted by molar-refractivity contribution is 6.06. The number of allylic oxidation sites excluding steroid dienone is 8. The first kappa shape index (κ1) is 20.3. The summed E-state index contributed by atoms with van der Waals surface area (Å²) in [6.07, 6.45) is 8.95. The second-order valence-corrected chi connectivity index (χ2v) is 5.74. The van der Waals surface area contributed by atoms with Crippen LogP contribution < -0.4 is 0 Å². The van der Waals surface area contributed by atoms with E-state index in [2.05, 4.69) is 21.8 Å². The molecule has 0 aromatic carbocycles. The monoisotopic (exact) mass is 345 g/mol. The lowest BCUT2D eigenvalue weighted by atomic mass is 10.0. The van der Waals surface area contributed by atoms with Gasteiger partial charge in [-0.05, 0) is 39.2 Å². The molecule has 0 saturated heterocycles. The van der Waals surface area contributed by atoms with Gasteiger partial charge in [0.05, 0.1) is 5.83 Å². The van der Waals surface area contributed by atoms with Crippen molar-refractivity contribution in [3.8, 4) is 0 Å². The van der Waals surface area contributed by atoms with E-state index in [1.807, 2.05) is 13.0 Å². The first-order chi connectivity index (χ1) is 11.8. The van der Waals surface area contributed by atoms with Crippen molar-refractivity contribution in [3.05, 3.63) is 65.6 Å². The summed E-state index contributed by atoms with van der Waals surface area (Å²) in [5, 5.41) is 15.9. The minimum Gasteiger partial charge on any atom is -0.504 e. The van der Waals surface area contributed by atoms with E-state index in [0.29, 0.717) is 24.8 Å². The molecule has 1 aromatic heterocycles. The highest BCUT2D eigenvalue weighted by Gasteiger charge is 2.07. The predicted molar refractivity (Wildman–Crippen MR) is 97.4 cm³/mol. The van der Waals surface area contributed by atoms with E-state index < -0.39 is 0 Å². The number of nitrogens with one attached hydrogen (secondary N) is 1. The Morgan fingerprint density at radius 1 is 1.36 bits per heavy atom. The van der Waals surface area contributed by atoms with Gasteiger partial charge in [0.1, 0.15) is 6.33 Å². The molecular formula is C19H24FN3O2. The number of aromatic nitrogens is 3. The van der Waals surface area contributed by atoms with E-state index in [4.69, 9.17) is 0 Å². The summed E-state index contributed by atoms with van der Waals surface area (Å²) in [7, 11) is 0. The molecule has 1 heterocycles. The summed E-state index contributed by atoms with van der Waals surface area (Å²) in [5.74, 6) is -0.695. The molecule has 5 nitrogen and oxygen atoms in total. The van der Waals surface area contributed by atoms with Gasteiger partial charge in [-0.15, -0.1) is 0 Å². The van der Waals surface area contributed by atoms with Gasteiger partial charge >= 0.3 is 0 Å². The fourth-order valence-corrected chi connectivity index (χ4v) is 1.97. The summed E-state index contributed by atoms with van der Waals surface area (Å²) >= 11 is 0. The second-order valence-electron chi connectivity index (χ2n) is 5.74. The van der Waals surface area contributed by atoms with E-state index in [1.54, 1.807) is 19.9 Å². The molecule has 0 fully saturated rings. The first-order valence-corrected chi connectivity index (χ1v) is 7.96. The molecule has 25 heavy (non-hydrogen) atoms. The lowest BCUT2D eigenvalue weighted by Gasteiger charge is -2.05. The molecule has 0 bridgehead atoms. The standard InChI is InChI=1S/C19H24FN3O2/c1-5-16(20)9-7-14(3)10-13(2)6-8-15(4)17(24)11-18(25)19-21-12-22-23-19/h5-6,8,11-12,25H,3,7,9-10H2,1-2,4H3,(H,21,22,23)/b13-6+,15-8+,16-5+,18-11-. The first-order valence-electron chi connectivity index (χ1n) is 7.96. The van der Waals surface area contributed by atoms with Crippen LogP contribution in [0.5, 0.6) is 0 Å². The van der Waals surface area contributed by atoms with Crippen LogP contribution in [0.4, 0.5) is 4.39 Å². The van der Waals surface area contributed by atoms with Crippen LogP contribution in [0.2, 0.25) is 0 Å². The van der Waals surface area contributed by atoms with E-state index in [9.17, 15) is 14.3 Å². The van der Waals surface area contributed by atoms with Crippen molar-refractivity contribution in [1.29, 1.82) is 0 Å². The molecule has 0 radical (unpaired) electrons. The average Bonchev–Trinajstić information content (AvgIpc) is 3.12. The number of aromatic amines is 1. The van der Waals surface area contributed by atoms with Crippen molar-refractivity contribution < 1.29 is 14.3 Å². The van der Waals surface area contributed by atoms with Crippen molar-refractivity contribution in [2.24, 2.45) is 0 Å². The Bertz CT molecular complexity index is 726. The third kappa shape index (κ3) is 7.56. The molecule has 6 heteroatoms. The van der Waals surface area contributed by atoms with Crippen molar-refractivity contribution in [2.75, 3.05) is 0 Å². The Morgan fingerprint density at radius 2 is 2.08 bits per heavy atom. The lowest BCUT2D eigenvalue weighted by Crippen LogP contribution is -1.98. The van der Waals surface area contributed by atoms with Crippen LogP contribution in [-0.2, 0) is 4.79 Å². The van der Waals surface area contributed by atoms with Gasteiger partial charge in [-0.3, -0.25) is 9.89 Å². The molecule has 0 spiro atoms. The molecule has 0 aliphatic carbocycles. The zero-order valence-electron chi connectivity index (χ0n) is 14.8. The Labute approximate surface area is 147 Å². The van der Waals surface area contributed by atoms with E-state index in [0.717, 1.165) is 17.2 Å². The molecular weight excluding hydrogens is 321 g/mol. The maximum atomic E-state index is 13.1. The van der Waals surface area contributed by atoms with Crippen LogP contribution in [0.1, 0.15) is 45.9 Å². The molecule has 0 aliphatic heterocycles. The highest BCUT2D eigenvalue weighted by Crippen LogP contribution is 2.18. The van der Waals surface area contributed by atoms with Crippen LogP contribution in [0.15, 0.2) is 59.8 Å². The number of carbonyl (C=O) groups excluding carboxylic acids is 1. The summed E-state index contributed by atoms with van der Waals surface area (Å²) in [5.41, 5.74) is 2.41. The van der Waals surface area contributed by atoms with Gasteiger partial charge in [-0.25, -0.2) is 9.37 Å². The van der Waals surface area contributed by atoms with Crippen molar-refractivity contribution in [1.82, 2.24) is 15.2 Å². The van der Waals surface area contributed by atoms with E-state index in [-0.39, 0.29) is 23.2 Å². The number of hydrogen-bond donors (Lipinski definition) is 2. The molecule has 1 rings (SSSR count). The number of rotatable bonds is 9. The number of halogens is 1. The minimum absolute atomic E-state index is 0.0672. The minimum atomic E-state index is -0.333. The van der Waals surface area contributed by atoms with Crippen LogP contribution in [-0.4, -0.2) is 26.1 Å². The number of aliphatic hydroxyl groups is 1. The van der Waals surface area contributed by atoms with Gasteiger partial charge < -0.3 is 5.11 Å². The molecule has 0 atom stereocenters. The Hall–Kier alpha value is -2.76. The zero-order chi connectivity index (χ0) is 18.8. The largest absolute Gasteiger partial charge is 0.504 e. The summed E-state index contributed by atoms with van der Waals surface area (Å²) in [4.78, 5) is 15.8. The summed E-state index contributed by atoms with van der Waals surface area (Å²) in [6, 6.07) is 0. The van der Waals surface area contributed by atoms with Gasteiger partial charge in [0.25, 0.3) is 0 Å². The van der Waals surface area contributed by atoms with Crippen LogP contribution in [0.3, 0.4) is 0 Å². The summed E-state index contributed by atoms with van der Waals surface area (Å²) < 4.78 is 13.1.